The molecule has 0 bridgehead atoms. The summed E-state index contributed by atoms with van der Waals surface area (Å²) in [6.45, 7) is 3.03. The van der Waals surface area contributed by atoms with Crippen LogP contribution in [0.15, 0.2) is 6.33 Å². The molecule has 2 rings (SSSR count). The Hall–Kier alpha value is -1.39. The molecule has 0 amide bonds. The van der Waals surface area contributed by atoms with Gasteiger partial charge in [0.25, 0.3) is 5.82 Å². The van der Waals surface area contributed by atoms with Gasteiger partial charge in [-0.15, -0.1) is 5.10 Å². The van der Waals surface area contributed by atoms with Crippen molar-refractivity contribution in [2.45, 2.75) is 32.7 Å². The zero-order valence-electron chi connectivity index (χ0n) is 8.76. The van der Waals surface area contributed by atoms with Crippen molar-refractivity contribution in [3.8, 4) is 0 Å². The Kier molecular flexibility index (Phi) is 2.70. The quantitative estimate of drug-likeness (QED) is 0.814. The number of carbonyl (C=O) groups is 1. The largest absolute Gasteiger partial charge is 0.475 e. The Morgan fingerprint density at radius 2 is 2.40 bits per heavy atom. The second kappa shape index (κ2) is 4.00. The summed E-state index contributed by atoms with van der Waals surface area (Å²) in [5.41, 5.74) is 0. The van der Waals surface area contributed by atoms with E-state index < -0.39 is 5.97 Å². The van der Waals surface area contributed by atoms with Crippen molar-refractivity contribution in [3.05, 3.63) is 12.2 Å². The number of rotatable bonds is 4. The molecule has 0 unspecified atom stereocenters. The van der Waals surface area contributed by atoms with Crippen molar-refractivity contribution in [3.63, 3.8) is 0 Å². The Balaban J connectivity index is 1.81. The summed E-state index contributed by atoms with van der Waals surface area (Å²) in [7, 11) is 0. The smallest absolute Gasteiger partial charge is 0.375 e. The average Bonchev–Trinajstić information content (AvgIpc) is 2.59. The van der Waals surface area contributed by atoms with Gasteiger partial charge in [-0.2, -0.15) is 0 Å². The molecule has 1 fully saturated rings. The molecule has 1 N–H and O–H groups in total. The maximum absolute atomic E-state index is 10.5. The standard InChI is InChI=1S/C10H15N3O2/c1-7-4-8(5-7)2-3-13-6-11-9(12-13)10(14)15/h6-8H,2-5H2,1H3,(H,14,15). The van der Waals surface area contributed by atoms with Crippen LogP contribution >= 0.6 is 0 Å². The van der Waals surface area contributed by atoms with E-state index >= 15 is 0 Å². The van der Waals surface area contributed by atoms with Gasteiger partial charge in [0.05, 0.1) is 0 Å². The van der Waals surface area contributed by atoms with Gasteiger partial charge in [0.2, 0.25) is 0 Å². The third kappa shape index (κ3) is 2.34. The lowest BCUT2D eigenvalue weighted by molar-refractivity contribution is 0.0683. The van der Waals surface area contributed by atoms with Gasteiger partial charge in [-0.1, -0.05) is 6.92 Å². The lowest BCUT2D eigenvalue weighted by atomic mass is 9.74. The van der Waals surface area contributed by atoms with Crippen LogP contribution in [-0.4, -0.2) is 25.8 Å². The van der Waals surface area contributed by atoms with Crippen LogP contribution in [0.5, 0.6) is 0 Å². The van der Waals surface area contributed by atoms with Crippen molar-refractivity contribution >= 4 is 5.97 Å². The van der Waals surface area contributed by atoms with E-state index in [1.54, 1.807) is 4.68 Å². The van der Waals surface area contributed by atoms with Crippen LogP contribution in [-0.2, 0) is 6.54 Å². The first-order valence-corrected chi connectivity index (χ1v) is 5.28. The molecule has 1 aliphatic rings. The van der Waals surface area contributed by atoms with E-state index in [0.29, 0.717) is 0 Å². The van der Waals surface area contributed by atoms with E-state index in [-0.39, 0.29) is 5.82 Å². The highest BCUT2D eigenvalue weighted by Crippen LogP contribution is 2.35. The van der Waals surface area contributed by atoms with E-state index in [1.807, 2.05) is 0 Å². The van der Waals surface area contributed by atoms with E-state index in [4.69, 9.17) is 5.11 Å². The van der Waals surface area contributed by atoms with Crippen molar-refractivity contribution in [2.75, 3.05) is 0 Å². The molecule has 0 aromatic carbocycles. The van der Waals surface area contributed by atoms with Crippen molar-refractivity contribution in [2.24, 2.45) is 11.8 Å². The normalized spacial score (nSPS) is 24.9. The zero-order chi connectivity index (χ0) is 10.8. The van der Waals surface area contributed by atoms with Gasteiger partial charge in [-0.25, -0.2) is 9.78 Å². The number of nitrogens with zero attached hydrogens (tertiary/aromatic N) is 3. The number of carboxylic acids is 1. The number of aryl methyl sites for hydroxylation is 1. The lowest BCUT2D eigenvalue weighted by Crippen LogP contribution is -2.22. The average molecular weight is 209 g/mol. The molecule has 0 spiro atoms. The highest BCUT2D eigenvalue weighted by atomic mass is 16.4. The molecular weight excluding hydrogens is 194 g/mol. The van der Waals surface area contributed by atoms with E-state index in [2.05, 4.69) is 17.0 Å². The summed E-state index contributed by atoms with van der Waals surface area (Å²) < 4.78 is 1.62. The van der Waals surface area contributed by atoms with E-state index in [9.17, 15) is 4.79 Å². The minimum absolute atomic E-state index is 0.114. The fourth-order valence-corrected chi connectivity index (χ4v) is 2.12. The maximum atomic E-state index is 10.5. The maximum Gasteiger partial charge on any atom is 0.375 e. The van der Waals surface area contributed by atoms with Crippen LogP contribution in [0.3, 0.4) is 0 Å². The second-order valence-electron chi connectivity index (χ2n) is 4.37. The molecule has 15 heavy (non-hydrogen) atoms. The molecule has 5 heteroatoms. The molecule has 1 heterocycles. The fourth-order valence-electron chi connectivity index (χ4n) is 2.12. The monoisotopic (exact) mass is 209 g/mol. The van der Waals surface area contributed by atoms with Crippen LogP contribution in [0.2, 0.25) is 0 Å². The first-order valence-electron chi connectivity index (χ1n) is 5.28. The summed E-state index contributed by atoms with van der Waals surface area (Å²) in [6.07, 6.45) is 5.15. The molecule has 1 aromatic heterocycles. The van der Waals surface area contributed by atoms with Crippen LogP contribution in [0, 0.1) is 11.8 Å². The molecule has 82 valence electrons. The first kappa shape index (κ1) is 10.1. The first-order chi connectivity index (χ1) is 7.15. The predicted octanol–water partition coefficient (Wildman–Crippen LogP) is 1.41. The second-order valence-corrected chi connectivity index (χ2v) is 4.37. The Bertz CT molecular complexity index is 355. The lowest BCUT2D eigenvalue weighted by Gasteiger charge is -2.32. The highest BCUT2D eigenvalue weighted by molar-refractivity contribution is 5.82. The molecule has 0 radical (unpaired) electrons. The summed E-state index contributed by atoms with van der Waals surface area (Å²) in [5.74, 6) is 0.473. The minimum atomic E-state index is -1.06. The van der Waals surface area contributed by atoms with Crippen LogP contribution in [0.1, 0.15) is 36.8 Å². The Labute approximate surface area is 88.1 Å². The SMILES string of the molecule is CC1CC(CCn2cnc(C(=O)O)n2)C1. The number of hydrogen-bond donors (Lipinski definition) is 1. The molecule has 1 aliphatic carbocycles. The van der Waals surface area contributed by atoms with E-state index in [1.165, 1.54) is 19.2 Å². The molecule has 1 saturated carbocycles. The molecule has 0 atom stereocenters. The number of carboxylic acid groups (broad SMARTS) is 1. The summed E-state index contributed by atoms with van der Waals surface area (Å²) in [6, 6.07) is 0. The number of aromatic carboxylic acids is 1. The molecular formula is C10H15N3O2. The summed E-state index contributed by atoms with van der Waals surface area (Å²) in [5, 5.41) is 12.5. The third-order valence-electron chi connectivity index (χ3n) is 2.97. The Morgan fingerprint density at radius 1 is 1.67 bits per heavy atom. The number of aromatic nitrogens is 3. The molecule has 1 aromatic rings. The molecule has 5 nitrogen and oxygen atoms in total. The van der Waals surface area contributed by atoms with Gasteiger partial charge in [0.1, 0.15) is 6.33 Å². The highest BCUT2D eigenvalue weighted by Gasteiger charge is 2.24. The van der Waals surface area contributed by atoms with Crippen LogP contribution < -0.4 is 0 Å². The number of hydrogen-bond acceptors (Lipinski definition) is 3. The van der Waals surface area contributed by atoms with Gasteiger partial charge in [-0.05, 0) is 31.1 Å². The van der Waals surface area contributed by atoms with Gasteiger partial charge < -0.3 is 5.11 Å². The zero-order valence-corrected chi connectivity index (χ0v) is 8.76. The van der Waals surface area contributed by atoms with Gasteiger partial charge in [0, 0.05) is 6.54 Å². The fraction of sp³-hybridized carbons (Fsp3) is 0.700. The molecule has 0 saturated heterocycles. The molecule has 0 aliphatic heterocycles. The van der Waals surface area contributed by atoms with Crippen LogP contribution in [0.4, 0.5) is 0 Å². The topological polar surface area (TPSA) is 68.0 Å². The summed E-state index contributed by atoms with van der Waals surface area (Å²) >= 11 is 0. The van der Waals surface area contributed by atoms with Crippen molar-refractivity contribution in [1.29, 1.82) is 0 Å². The van der Waals surface area contributed by atoms with Crippen molar-refractivity contribution < 1.29 is 9.90 Å². The van der Waals surface area contributed by atoms with E-state index in [0.717, 1.165) is 24.8 Å². The van der Waals surface area contributed by atoms with Gasteiger partial charge in [-0.3, -0.25) is 4.68 Å². The van der Waals surface area contributed by atoms with Gasteiger partial charge in [0.15, 0.2) is 0 Å². The Morgan fingerprint density at radius 3 is 2.93 bits per heavy atom. The predicted molar refractivity (Wildman–Crippen MR) is 53.5 cm³/mol. The minimum Gasteiger partial charge on any atom is -0.475 e. The third-order valence-corrected chi connectivity index (χ3v) is 2.97. The summed E-state index contributed by atoms with van der Waals surface area (Å²) in [4.78, 5) is 14.2. The van der Waals surface area contributed by atoms with Crippen LogP contribution in [0.25, 0.3) is 0 Å². The van der Waals surface area contributed by atoms with Gasteiger partial charge >= 0.3 is 5.97 Å². The van der Waals surface area contributed by atoms with Crippen molar-refractivity contribution in [1.82, 2.24) is 14.8 Å².